The number of primary amides is 1. The number of para-hydroxylation sites is 1. The maximum absolute atomic E-state index is 12.6. The number of amidine groups is 1. The first-order valence-electron chi connectivity index (χ1n) is 9.99. The number of rotatable bonds is 7. The van der Waals surface area contributed by atoms with Crippen molar-refractivity contribution in [1.82, 2.24) is 10.2 Å². The summed E-state index contributed by atoms with van der Waals surface area (Å²) < 4.78 is 34.5. The second-order valence-corrected chi connectivity index (χ2v) is 9.10. The van der Waals surface area contributed by atoms with Gasteiger partial charge in [0.25, 0.3) is 21.8 Å². The molecule has 2 amide bonds. The number of nitrogens with two attached hydrogens (primary N) is 1. The molecule has 11 nitrogen and oxygen atoms in total. The van der Waals surface area contributed by atoms with Crippen LogP contribution in [0.25, 0.3) is 0 Å². The number of sulfonamides is 1. The van der Waals surface area contributed by atoms with Gasteiger partial charge in [0.15, 0.2) is 16.5 Å². The van der Waals surface area contributed by atoms with Gasteiger partial charge in [-0.05, 0) is 37.6 Å². The number of nitrogens with zero attached hydrogens (tertiary/aromatic N) is 2. The number of phenols is 1. The third-order valence-corrected chi connectivity index (χ3v) is 6.26. The Kier molecular flexibility index (Phi) is 6.49. The van der Waals surface area contributed by atoms with Crippen molar-refractivity contribution in [3.63, 3.8) is 0 Å². The Balaban J connectivity index is 2.05. The van der Waals surface area contributed by atoms with Crippen molar-refractivity contribution in [3.8, 4) is 5.75 Å². The Labute approximate surface area is 191 Å². The quantitative estimate of drug-likeness (QED) is 0.438. The maximum atomic E-state index is 12.6. The summed E-state index contributed by atoms with van der Waals surface area (Å²) in [4.78, 5) is 24.9. The van der Waals surface area contributed by atoms with Gasteiger partial charge in [0.2, 0.25) is 0 Å². The number of anilines is 1. The lowest BCUT2D eigenvalue weighted by molar-refractivity contribution is -0.114. The molecule has 0 radical (unpaired) electrons. The zero-order valence-electron chi connectivity index (χ0n) is 18.5. The SMILES string of the molecule is CC[C@@H](NC1=C(C(N)=O)S(=O)(=O)N=C1Nc1cccc(C(=O)N(C)C)c1O)c1ccc(C)o1. The van der Waals surface area contributed by atoms with Crippen LogP contribution in [0.2, 0.25) is 0 Å². The molecular weight excluding hydrogens is 450 g/mol. The minimum Gasteiger partial charge on any atom is -0.505 e. The average Bonchev–Trinajstić information content (AvgIpc) is 3.26. The lowest BCUT2D eigenvalue weighted by Gasteiger charge is -2.20. The third-order valence-electron chi connectivity index (χ3n) is 4.91. The predicted molar refractivity (Wildman–Crippen MR) is 122 cm³/mol. The van der Waals surface area contributed by atoms with Crippen molar-refractivity contribution in [2.24, 2.45) is 10.1 Å². The van der Waals surface area contributed by atoms with Crippen LogP contribution >= 0.6 is 0 Å². The fraction of sp³-hybridized carbons (Fsp3) is 0.286. The van der Waals surface area contributed by atoms with Gasteiger partial charge in [0.05, 0.1) is 17.3 Å². The molecule has 0 aliphatic carbocycles. The van der Waals surface area contributed by atoms with Crippen LogP contribution < -0.4 is 16.4 Å². The highest BCUT2D eigenvalue weighted by Gasteiger charge is 2.38. The number of phenolic OH excluding ortho intramolecular Hbond substituents is 1. The first kappa shape index (κ1) is 23.9. The summed E-state index contributed by atoms with van der Waals surface area (Å²) in [5.74, 6) is -1.12. The van der Waals surface area contributed by atoms with Crippen molar-refractivity contribution in [3.05, 3.63) is 58.0 Å². The zero-order valence-corrected chi connectivity index (χ0v) is 19.4. The lowest BCUT2D eigenvalue weighted by Crippen LogP contribution is -2.31. The Morgan fingerprint density at radius 2 is 1.94 bits per heavy atom. The molecule has 12 heteroatoms. The topological polar surface area (TPSA) is 167 Å². The second-order valence-electron chi connectivity index (χ2n) is 7.56. The number of aryl methyl sites for hydroxylation is 1. The Morgan fingerprint density at radius 3 is 2.48 bits per heavy atom. The number of hydrogen-bond acceptors (Lipinski definition) is 8. The second kappa shape index (κ2) is 8.98. The Hall–Kier alpha value is -3.80. The van der Waals surface area contributed by atoms with Crippen LogP contribution in [0.4, 0.5) is 5.69 Å². The van der Waals surface area contributed by atoms with Crippen LogP contribution in [-0.2, 0) is 14.8 Å². The zero-order chi connectivity index (χ0) is 24.5. The van der Waals surface area contributed by atoms with Gasteiger partial charge in [-0.25, -0.2) is 0 Å². The molecule has 0 saturated heterocycles. The Morgan fingerprint density at radius 1 is 1.24 bits per heavy atom. The number of hydrogen-bond donors (Lipinski definition) is 4. The molecule has 1 atom stereocenters. The highest BCUT2D eigenvalue weighted by molar-refractivity contribution is 7.95. The van der Waals surface area contributed by atoms with Crippen LogP contribution in [0.15, 0.2) is 49.7 Å². The van der Waals surface area contributed by atoms with Gasteiger partial charge in [-0.2, -0.15) is 8.42 Å². The van der Waals surface area contributed by atoms with Crippen molar-refractivity contribution >= 4 is 33.4 Å². The highest BCUT2D eigenvalue weighted by Crippen LogP contribution is 2.32. The van der Waals surface area contributed by atoms with E-state index in [1.807, 2.05) is 6.92 Å². The van der Waals surface area contributed by atoms with E-state index >= 15 is 0 Å². The fourth-order valence-corrected chi connectivity index (χ4v) is 4.43. The van der Waals surface area contributed by atoms with E-state index in [1.54, 1.807) is 19.1 Å². The molecule has 0 bridgehead atoms. The molecule has 5 N–H and O–H groups in total. The van der Waals surface area contributed by atoms with E-state index in [2.05, 4.69) is 15.0 Å². The fourth-order valence-electron chi connectivity index (χ4n) is 3.29. The van der Waals surface area contributed by atoms with Crippen molar-refractivity contribution in [2.75, 3.05) is 19.4 Å². The van der Waals surface area contributed by atoms with Gasteiger partial charge < -0.3 is 30.8 Å². The van der Waals surface area contributed by atoms with Gasteiger partial charge in [0.1, 0.15) is 17.2 Å². The Bertz CT molecular complexity index is 1280. The number of nitrogens with one attached hydrogen (secondary N) is 2. The van der Waals surface area contributed by atoms with E-state index in [1.165, 1.54) is 37.2 Å². The number of benzene rings is 1. The van der Waals surface area contributed by atoms with Crippen LogP contribution in [0.5, 0.6) is 5.75 Å². The van der Waals surface area contributed by atoms with E-state index < -0.39 is 38.5 Å². The maximum Gasteiger partial charge on any atom is 0.292 e. The molecule has 0 spiro atoms. The standard InChI is InChI=1S/C21H25N5O6S/c1-5-13(15-10-9-11(2)32-15)23-16-18(19(22)28)33(30,31)25-20(16)24-14-8-6-7-12(17(14)27)21(29)26(3)4/h6-10,13,23,27H,5H2,1-4H3,(H2,22,28)(H,24,25)/t13-/m1/s1. The average molecular weight is 476 g/mol. The first-order valence-corrected chi connectivity index (χ1v) is 11.4. The number of aromatic hydroxyl groups is 1. The molecule has 176 valence electrons. The predicted octanol–water partition coefficient (Wildman–Crippen LogP) is 1.59. The molecule has 1 aromatic carbocycles. The molecule has 0 saturated carbocycles. The van der Waals surface area contributed by atoms with Gasteiger partial charge in [0, 0.05) is 14.1 Å². The van der Waals surface area contributed by atoms with Crippen LogP contribution in [-0.4, -0.2) is 50.2 Å². The molecule has 2 aromatic rings. The molecule has 1 aliphatic rings. The lowest BCUT2D eigenvalue weighted by atomic mass is 10.1. The molecule has 0 unspecified atom stereocenters. The molecule has 0 fully saturated rings. The molecule has 1 aliphatic heterocycles. The molecule has 33 heavy (non-hydrogen) atoms. The van der Waals surface area contributed by atoms with Gasteiger partial charge in [-0.1, -0.05) is 13.0 Å². The first-order chi connectivity index (χ1) is 15.5. The van der Waals surface area contributed by atoms with E-state index in [-0.39, 0.29) is 22.8 Å². The third kappa shape index (κ3) is 4.70. The van der Waals surface area contributed by atoms with Gasteiger partial charge in [-0.3, -0.25) is 9.59 Å². The summed E-state index contributed by atoms with van der Waals surface area (Å²) in [6.07, 6.45) is 0.480. The van der Waals surface area contributed by atoms with E-state index in [0.29, 0.717) is 17.9 Å². The number of carbonyl (C=O) groups excluding carboxylic acids is 2. The summed E-state index contributed by atoms with van der Waals surface area (Å²) >= 11 is 0. The minimum absolute atomic E-state index is 0.00226. The van der Waals surface area contributed by atoms with Crippen molar-refractivity contribution in [2.45, 2.75) is 26.3 Å². The highest BCUT2D eigenvalue weighted by atomic mass is 32.2. The number of carbonyl (C=O) groups is 2. The molecule has 3 rings (SSSR count). The van der Waals surface area contributed by atoms with Crippen molar-refractivity contribution in [1.29, 1.82) is 0 Å². The van der Waals surface area contributed by atoms with Gasteiger partial charge in [-0.15, -0.1) is 4.40 Å². The number of amides is 2. The molecule has 2 heterocycles. The van der Waals surface area contributed by atoms with E-state index in [0.717, 1.165) is 0 Å². The molecule has 1 aromatic heterocycles. The number of furan rings is 1. The summed E-state index contributed by atoms with van der Waals surface area (Å²) in [7, 11) is -1.35. The van der Waals surface area contributed by atoms with E-state index in [4.69, 9.17) is 10.2 Å². The normalized spacial score (nSPS) is 15.7. The van der Waals surface area contributed by atoms with Gasteiger partial charge >= 0.3 is 0 Å². The summed E-state index contributed by atoms with van der Waals surface area (Å²) in [5.41, 5.74) is 5.22. The largest absolute Gasteiger partial charge is 0.505 e. The van der Waals surface area contributed by atoms with Crippen LogP contribution in [0, 0.1) is 6.92 Å². The summed E-state index contributed by atoms with van der Waals surface area (Å²) in [6, 6.07) is 7.36. The summed E-state index contributed by atoms with van der Waals surface area (Å²) in [5, 5.41) is 16.3. The monoisotopic (exact) mass is 475 g/mol. The summed E-state index contributed by atoms with van der Waals surface area (Å²) in [6.45, 7) is 3.61. The smallest absolute Gasteiger partial charge is 0.292 e. The van der Waals surface area contributed by atoms with Crippen LogP contribution in [0.3, 0.4) is 0 Å². The molecular formula is C21H25N5O6S. The minimum atomic E-state index is -4.41. The van der Waals surface area contributed by atoms with Crippen LogP contribution in [0.1, 0.15) is 41.3 Å². The van der Waals surface area contributed by atoms with Crippen molar-refractivity contribution < 1.29 is 27.5 Å². The van der Waals surface area contributed by atoms with E-state index in [9.17, 15) is 23.1 Å².